The number of amides is 1. The molecule has 4 nitrogen and oxygen atoms in total. The number of fused-ring (bicyclic) bond motifs is 1. The molecule has 1 amide bonds. The molecule has 26 heavy (non-hydrogen) atoms. The lowest BCUT2D eigenvalue weighted by Gasteiger charge is -2.14. The lowest BCUT2D eigenvalue weighted by molar-refractivity contribution is -0.123. The van der Waals surface area contributed by atoms with Crippen molar-refractivity contribution in [2.24, 2.45) is 0 Å². The van der Waals surface area contributed by atoms with E-state index in [1.165, 1.54) is 19.1 Å². The fourth-order valence-electron chi connectivity index (χ4n) is 2.59. The van der Waals surface area contributed by atoms with E-state index in [1.807, 2.05) is 32.0 Å². The van der Waals surface area contributed by atoms with Gasteiger partial charge in [-0.2, -0.15) is 0 Å². The largest absolute Gasteiger partial charge is 0.448 e. The highest BCUT2D eigenvalue weighted by Crippen LogP contribution is 2.28. The smallest absolute Gasteiger partial charge is 0.349 e. The first-order chi connectivity index (χ1) is 12.3. The topological polar surface area (TPSA) is 55.4 Å². The van der Waals surface area contributed by atoms with E-state index in [0.717, 1.165) is 22.5 Å². The molecule has 0 spiro atoms. The van der Waals surface area contributed by atoms with Gasteiger partial charge in [0.05, 0.1) is 0 Å². The van der Waals surface area contributed by atoms with Crippen molar-refractivity contribution in [3.63, 3.8) is 0 Å². The third-order valence-corrected chi connectivity index (χ3v) is 5.08. The molecule has 2 aromatic carbocycles. The molecule has 0 unspecified atom stereocenters. The second kappa shape index (κ2) is 7.25. The van der Waals surface area contributed by atoms with Crippen molar-refractivity contribution in [3.8, 4) is 0 Å². The number of hydrogen-bond acceptors (Lipinski definition) is 4. The van der Waals surface area contributed by atoms with Crippen molar-refractivity contribution in [2.45, 2.75) is 26.9 Å². The molecule has 1 heterocycles. The second-order valence-corrected chi connectivity index (χ2v) is 7.20. The highest BCUT2D eigenvalue weighted by molar-refractivity contribution is 7.20. The summed E-state index contributed by atoms with van der Waals surface area (Å²) in [6.45, 7) is 5.37. The van der Waals surface area contributed by atoms with Crippen molar-refractivity contribution in [1.82, 2.24) is 0 Å². The van der Waals surface area contributed by atoms with Crippen LogP contribution in [0.4, 0.5) is 10.1 Å². The van der Waals surface area contributed by atoms with Crippen molar-refractivity contribution >= 4 is 39.0 Å². The maximum absolute atomic E-state index is 13.8. The summed E-state index contributed by atoms with van der Waals surface area (Å²) in [5, 5.41) is 3.13. The normalized spacial score (nSPS) is 12.0. The van der Waals surface area contributed by atoms with Crippen LogP contribution in [0.3, 0.4) is 0 Å². The molecule has 3 aromatic rings. The quantitative estimate of drug-likeness (QED) is 0.668. The first-order valence-corrected chi connectivity index (χ1v) is 8.94. The molecule has 0 aliphatic rings. The number of anilines is 1. The molecule has 0 fully saturated rings. The number of benzene rings is 2. The van der Waals surface area contributed by atoms with Crippen LogP contribution >= 0.6 is 11.3 Å². The molecular weight excluding hydrogens is 353 g/mol. The van der Waals surface area contributed by atoms with Crippen LogP contribution in [0.5, 0.6) is 0 Å². The Balaban J connectivity index is 1.69. The maximum atomic E-state index is 13.8. The third-order valence-electron chi connectivity index (χ3n) is 4.00. The maximum Gasteiger partial charge on any atom is 0.349 e. The molecule has 0 aliphatic carbocycles. The van der Waals surface area contributed by atoms with Crippen LogP contribution in [0.15, 0.2) is 42.5 Å². The number of esters is 1. The minimum atomic E-state index is -0.974. The number of rotatable bonds is 4. The fraction of sp³-hybridized carbons (Fsp3) is 0.200. The lowest BCUT2D eigenvalue weighted by atomic mass is 10.1. The van der Waals surface area contributed by atoms with E-state index in [1.54, 1.807) is 12.1 Å². The SMILES string of the molecule is Cc1ccc(NC(=O)[C@H](C)OC(=O)c2cc3c(F)cccc3s2)c(C)c1. The molecule has 0 saturated heterocycles. The van der Waals surface area contributed by atoms with Gasteiger partial charge in [-0.25, -0.2) is 9.18 Å². The van der Waals surface area contributed by atoms with Crippen LogP contribution < -0.4 is 5.32 Å². The van der Waals surface area contributed by atoms with Gasteiger partial charge < -0.3 is 10.1 Å². The van der Waals surface area contributed by atoms with Crippen LogP contribution in [-0.4, -0.2) is 18.0 Å². The molecule has 3 rings (SSSR count). The number of aryl methyl sites for hydroxylation is 2. The van der Waals surface area contributed by atoms with Crippen LogP contribution in [0, 0.1) is 19.7 Å². The lowest BCUT2D eigenvalue weighted by Crippen LogP contribution is -2.30. The molecule has 1 atom stereocenters. The standard InChI is InChI=1S/C20H18FNO3S/c1-11-7-8-16(12(2)9-11)22-19(23)13(3)25-20(24)18-10-14-15(21)5-4-6-17(14)26-18/h4-10,13H,1-3H3,(H,22,23)/t13-/m0/s1. The Morgan fingerprint density at radius 3 is 2.62 bits per heavy atom. The molecule has 134 valence electrons. The molecule has 0 radical (unpaired) electrons. The number of thiophene rings is 1. The predicted octanol–water partition coefficient (Wildman–Crippen LogP) is 4.84. The molecule has 0 saturated carbocycles. The molecule has 0 bridgehead atoms. The summed E-state index contributed by atoms with van der Waals surface area (Å²) < 4.78 is 19.6. The fourth-order valence-corrected chi connectivity index (χ4v) is 3.54. The molecular formula is C20H18FNO3S. The zero-order valence-corrected chi connectivity index (χ0v) is 15.4. The Kier molecular flexibility index (Phi) is 5.04. The van der Waals surface area contributed by atoms with E-state index in [-0.39, 0.29) is 4.88 Å². The number of nitrogens with one attached hydrogen (secondary N) is 1. The minimum absolute atomic E-state index is 0.260. The van der Waals surface area contributed by atoms with E-state index in [4.69, 9.17) is 4.74 Å². The van der Waals surface area contributed by atoms with Crippen molar-refractivity contribution in [2.75, 3.05) is 5.32 Å². The first kappa shape index (κ1) is 18.1. The Morgan fingerprint density at radius 2 is 1.92 bits per heavy atom. The number of hydrogen-bond donors (Lipinski definition) is 1. The summed E-state index contributed by atoms with van der Waals surface area (Å²) in [7, 11) is 0. The number of carbonyl (C=O) groups excluding carboxylic acids is 2. The van der Waals surface area contributed by atoms with Gasteiger partial charge in [-0.1, -0.05) is 23.8 Å². The van der Waals surface area contributed by atoms with Crippen molar-refractivity contribution in [3.05, 3.63) is 64.3 Å². The summed E-state index contributed by atoms with van der Waals surface area (Å²) in [6.07, 6.45) is -0.974. The zero-order valence-electron chi connectivity index (χ0n) is 14.6. The summed E-state index contributed by atoms with van der Waals surface area (Å²) in [5.74, 6) is -1.45. The van der Waals surface area contributed by atoms with Gasteiger partial charge in [0.1, 0.15) is 10.7 Å². The molecule has 0 aliphatic heterocycles. The van der Waals surface area contributed by atoms with Crippen LogP contribution in [0.2, 0.25) is 0 Å². The van der Waals surface area contributed by atoms with E-state index < -0.39 is 23.8 Å². The van der Waals surface area contributed by atoms with Gasteiger partial charge in [0, 0.05) is 15.8 Å². The summed E-state index contributed by atoms with van der Waals surface area (Å²) >= 11 is 1.14. The van der Waals surface area contributed by atoms with E-state index in [9.17, 15) is 14.0 Å². The Hall–Kier alpha value is -2.73. The van der Waals surface area contributed by atoms with Gasteiger partial charge in [-0.3, -0.25) is 4.79 Å². The van der Waals surface area contributed by atoms with Crippen LogP contribution in [0.25, 0.3) is 10.1 Å². The number of ether oxygens (including phenoxy) is 1. The molecule has 1 aromatic heterocycles. The van der Waals surface area contributed by atoms with E-state index >= 15 is 0 Å². The third kappa shape index (κ3) is 3.75. The highest BCUT2D eigenvalue weighted by Gasteiger charge is 2.21. The monoisotopic (exact) mass is 371 g/mol. The van der Waals surface area contributed by atoms with Gasteiger partial charge in [-0.05, 0) is 50.6 Å². The zero-order chi connectivity index (χ0) is 18.8. The number of halogens is 1. The van der Waals surface area contributed by atoms with Crippen LogP contribution in [0.1, 0.15) is 27.7 Å². The average molecular weight is 371 g/mol. The van der Waals surface area contributed by atoms with Crippen LogP contribution in [-0.2, 0) is 9.53 Å². The molecule has 1 N–H and O–H groups in total. The van der Waals surface area contributed by atoms with Gasteiger partial charge in [0.2, 0.25) is 0 Å². The molecule has 6 heteroatoms. The predicted molar refractivity (Wildman–Crippen MR) is 101 cm³/mol. The highest BCUT2D eigenvalue weighted by atomic mass is 32.1. The van der Waals surface area contributed by atoms with Gasteiger partial charge in [0.25, 0.3) is 5.91 Å². The van der Waals surface area contributed by atoms with Crippen molar-refractivity contribution < 1.29 is 18.7 Å². The summed E-state index contributed by atoms with van der Waals surface area (Å²) in [6, 6.07) is 11.8. The number of carbonyl (C=O) groups is 2. The Labute approximate surface area is 154 Å². The van der Waals surface area contributed by atoms with Gasteiger partial charge in [-0.15, -0.1) is 11.3 Å². The van der Waals surface area contributed by atoms with Gasteiger partial charge in [0.15, 0.2) is 6.10 Å². The van der Waals surface area contributed by atoms with E-state index in [0.29, 0.717) is 15.8 Å². The summed E-state index contributed by atoms with van der Waals surface area (Å²) in [4.78, 5) is 24.8. The van der Waals surface area contributed by atoms with Crippen molar-refractivity contribution in [1.29, 1.82) is 0 Å². The van der Waals surface area contributed by atoms with Gasteiger partial charge >= 0.3 is 5.97 Å². The Bertz CT molecular complexity index is 996. The first-order valence-electron chi connectivity index (χ1n) is 8.12. The Morgan fingerprint density at radius 1 is 1.15 bits per heavy atom. The van der Waals surface area contributed by atoms with E-state index in [2.05, 4.69) is 5.32 Å². The second-order valence-electron chi connectivity index (χ2n) is 6.12. The summed E-state index contributed by atoms with van der Waals surface area (Å²) in [5.41, 5.74) is 2.70. The average Bonchev–Trinajstić information content (AvgIpc) is 3.03. The minimum Gasteiger partial charge on any atom is -0.448 e.